The van der Waals surface area contributed by atoms with Crippen LogP contribution in [0.4, 0.5) is 5.82 Å². The predicted octanol–water partition coefficient (Wildman–Crippen LogP) is 4.25. The fourth-order valence-corrected chi connectivity index (χ4v) is 3.85. The van der Waals surface area contributed by atoms with Crippen molar-refractivity contribution >= 4 is 5.82 Å². The molecule has 2 aliphatic rings. The number of nitrogens with one attached hydrogen (secondary N) is 1. The fourth-order valence-electron chi connectivity index (χ4n) is 3.85. The largest absolute Gasteiger partial charge is 0.370 e. The Bertz CT molecular complexity index is 638. The smallest absolute Gasteiger partial charge is 0.125 e. The van der Waals surface area contributed by atoms with Gasteiger partial charge in [0, 0.05) is 18.5 Å². The first-order valence-corrected chi connectivity index (χ1v) is 8.21. The SMILES string of the molecule is Cc1cccc(C2CCNc3cc(C4CCCC4)nn32)c1. The molecule has 0 saturated heterocycles. The molecule has 1 aromatic heterocycles. The van der Waals surface area contributed by atoms with Crippen molar-refractivity contribution in [2.24, 2.45) is 0 Å². The first-order valence-electron chi connectivity index (χ1n) is 8.21. The minimum atomic E-state index is 0.385. The molecule has 1 aliphatic heterocycles. The molecule has 2 aromatic rings. The molecule has 1 aromatic carbocycles. The molecule has 0 bridgehead atoms. The van der Waals surface area contributed by atoms with Gasteiger partial charge in [-0.2, -0.15) is 5.10 Å². The molecule has 1 N–H and O–H groups in total. The van der Waals surface area contributed by atoms with Crippen molar-refractivity contribution < 1.29 is 0 Å². The Morgan fingerprint density at radius 1 is 1.14 bits per heavy atom. The molecule has 1 fully saturated rings. The molecule has 110 valence electrons. The van der Waals surface area contributed by atoms with Gasteiger partial charge in [-0.05, 0) is 31.7 Å². The van der Waals surface area contributed by atoms with E-state index >= 15 is 0 Å². The van der Waals surface area contributed by atoms with E-state index in [1.54, 1.807) is 0 Å². The van der Waals surface area contributed by atoms with Gasteiger partial charge in [-0.25, -0.2) is 4.68 Å². The van der Waals surface area contributed by atoms with Crippen LogP contribution < -0.4 is 5.32 Å². The van der Waals surface area contributed by atoms with Crippen LogP contribution in [0, 0.1) is 6.92 Å². The van der Waals surface area contributed by atoms with E-state index in [4.69, 9.17) is 5.10 Å². The average Bonchev–Trinajstić information content (AvgIpc) is 3.15. The molecular formula is C18H23N3. The maximum atomic E-state index is 4.97. The van der Waals surface area contributed by atoms with Gasteiger partial charge in [0.2, 0.25) is 0 Å². The minimum absolute atomic E-state index is 0.385. The summed E-state index contributed by atoms with van der Waals surface area (Å²) in [6, 6.07) is 11.5. The van der Waals surface area contributed by atoms with Crippen molar-refractivity contribution in [3.05, 3.63) is 47.2 Å². The van der Waals surface area contributed by atoms with E-state index in [1.165, 1.54) is 48.3 Å². The van der Waals surface area contributed by atoms with Crippen LogP contribution in [0.15, 0.2) is 30.3 Å². The van der Waals surface area contributed by atoms with Crippen molar-refractivity contribution in [3.8, 4) is 0 Å². The Balaban J connectivity index is 1.70. The number of aryl methyl sites for hydroxylation is 1. The van der Waals surface area contributed by atoms with Gasteiger partial charge in [0.05, 0.1) is 11.7 Å². The molecule has 1 saturated carbocycles. The predicted molar refractivity (Wildman–Crippen MR) is 85.9 cm³/mol. The Kier molecular flexibility index (Phi) is 3.21. The van der Waals surface area contributed by atoms with Crippen molar-refractivity contribution in [1.82, 2.24) is 9.78 Å². The maximum Gasteiger partial charge on any atom is 0.125 e. The number of nitrogens with zero attached hydrogens (tertiary/aromatic N) is 2. The lowest BCUT2D eigenvalue weighted by Crippen LogP contribution is -2.24. The number of anilines is 1. The summed E-state index contributed by atoms with van der Waals surface area (Å²) in [4.78, 5) is 0. The van der Waals surface area contributed by atoms with E-state index in [1.807, 2.05) is 0 Å². The van der Waals surface area contributed by atoms with Crippen molar-refractivity contribution in [2.75, 3.05) is 11.9 Å². The Morgan fingerprint density at radius 3 is 2.81 bits per heavy atom. The molecule has 0 amide bonds. The van der Waals surface area contributed by atoms with Crippen molar-refractivity contribution in [3.63, 3.8) is 0 Å². The van der Waals surface area contributed by atoms with Crippen LogP contribution in [0.25, 0.3) is 0 Å². The molecule has 4 rings (SSSR count). The van der Waals surface area contributed by atoms with E-state index in [2.05, 4.69) is 47.3 Å². The zero-order valence-corrected chi connectivity index (χ0v) is 12.7. The molecule has 3 heteroatoms. The molecule has 1 aliphatic carbocycles. The van der Waals surface area contributed by atoms with Gasteiger partial charge >= 0.3 is 0 Å². The summed E-state index contributed by atoms with van der Waals surface area (Å²) < 4.78 is 2.23. The topological polar surface area (TPSA) is 29.9 Å². The van der Waals surface area contributed by atoms with Gasteiger partial charge in [-0.15, -0.1) is 0 Å². The van der Waals surface area contributed by atoms with Gasteiger partial charge in [0.1, 0.15) is 5.82 Å². The normalized spacial score (nSPS) is 22.0. The number of rotatable bonds is 2. The number of hydrogen-bond donors (Lipinski definition) is 1. The first kappa shape index (κ1) is 12.9. The highest BCUT2D eigenvalue weighted by molar-refractivity contribution is 5.42. The third-order valence-corrected chi connectivity index (χ3v) is 4.97. The quantitative estimate of drug-likeness (QED) is 0.891. The van der Waals surface area contributed by atoms with Crippen LogP contribution in [-0.2, 0) is 0 Å². The van der Waals surface area contributed by atoms with Crippen LogP contribution in [0.2, 0.25) is 0 Å². The Labute approximate surface area is 126 Å². The van der Waals surface area contributed by atoms with Gasteiger partial charge in [0.25, 0.3) is 0 Å². The average molecular weight is 281 g/mol. The summed E-state index contributed by atoms with van der Waals surface area (Å²) in [5.74, 6) is 1.89. The van der Waals surface area contributed by atoms with Crippen LogP contribution in [0.5, 0.6) is 0 Å². The van der Waals surface area contributed by atoms with Crippen LogP contribution >= 0.6 is 0 Å². The lowest BCUT2D eigenvalue weighted by molar-refractivity contribution is 0.473. The fraction of sp³-hybridized carbons (Fsp3) is 0.500. The van der Waals surface area contributed by atoms with E-state index in [9.17, 15) is 0 Å². The third kappa shape index (κ3) is 2.35. The zero-order chi connectivity index (χ0) is 14.2. The molecule has 21 heavy (non-hydrogen) atoms. The van der Waals surface area contributed by atoms with E-state index < -0.39 is 0 Å². The molecule has 3 nitrogen and oxygen atoms in total. The second kappa shape index (κ2) is 5.21. The van der Waals surface area contributed by atoms with E-state index in [-0.39, 0.29) is 0 Å². The first-order chi connectivity index (χ1) is 10.3. The molecule has 0 spiro atoms. The summed E-state index contributed by atoms with van der Waals surface area (Å²) in [5.41, 5.74) is 4.02. The highest BCUT2D eigenvalue weighted by atomic mass is 15.4. The van der Waals surface area contributed by atoms with Crippen LogP contribution in [0.3, 0.4) is 0 Å². The maximum absolute atomic E-state index is 4.97. The summed E-state index contributed by atoms with van der Waals surface area (Å²) in [6.07, 6.45) is 6.46. The van der Waals surface area contributed by atoms with Gasteiger partial charge in [-0.1, -0.05) is 42.7 Å². The van der Waals surface area contributed by atoms with Crippen molar-refractivity contribution in [2.45, 2.75) is 51.0 Å². The van der Waals surface area contributed by atoms with Crippen molar-refractivity contribution in [1.29, 1.82) is 0 Å². The van der Waals surface area contributed by atoms with Crippen LogP contribution in [0.1, 0.15) is 60.9 Å². The standard InChI is InChI=1S/C18H23N3/c1-13-5-4-8-15(11-13)17-9-10-19-18-12-16(20-21(17)18)14-6-2-3-7-14/h4-5,8,11-12,14,17,19H,2-3,6-7,9-10H2,1H3. The number of benzene rings is 1. The summed E-state index contributed by atoms with van der Waals surface area (Å²) in [7, 11) is 0. The number of hydrogen-bond acceptors (Lipinski definition) is 2. The van der Waals surface area contributed by atoms with Gasteiger partial charge in [-0.3, -0.25) is 0 Å². The van der Waals surface area contributed by atoms with E-state index in [0.717, 1.165) is 13.0 Å². The molecule has 0 radical (unpaired) electrons. The zero-order valence-electron chi connectivity index (χ0n) is 12.7. The highest BCUT2D eigenvalue weighted by Crippen LogP contribution is 2.37. The Hall–Kier alpha value is -1.77. The molecule has 1 unspecified atom stereocenters. The van der Waals surface area contributed by atoms with Gasteiger partial charge in [0.15, 0.2) is 0 Å². The van der Waals surface area contributed by atoms with Crippen LogP contribution in [-0.4, -0.2) is 16.3 Å². The number of aromatic nitrogens is 2. The second-order valence-corrected chi connectivity index (χ2v) is 6.53. The summed E-state index contributed by atoms with van der Waals surface area (Å²) >= 11 is 0. The van der Waals surface area contributed by atoms with E-state index in [0.29, 0.717) is 12.0 Å². The van der Waals surface area contributed by atoms with Gasteiger partial charge < -0.3 is 5.32 Å². The highest BCUT2D eigenvalue weighted by Gasteiger charge is 2.26. The number of fused-ring (bicyclic) bond motifs is 1. The molecule has 1 atom stereocenters. The third-order valence-electron chi connectivity index (χ3n) is 4.97. The molecular weight excluding hydrogens is 258 g/mol. The summed E-state index contributed by atoms with van der Waals surface area (Å²) in [5, 5.41) is 8.50. The monoisotopic (exact) mass is 281 g/mol. The Morgan fingerprint density at radius 2 is 2.00 bits per heavy atom. The lowest BCUT2D eigenvalue weighted by Gasteiger charge is -2.26. The summed E-state index contributed by atoms with van der Waals surface area (Å²) in [6.45, 7) is 3.20. The minimum Gasteiger partial charge on any atom is -0.370 e. The lowest BCUT2D eigenvalue weighted by atomic mass is 10.0. The second-order valence-electron chi connectivity index (χ2n) is 6.53. The molecule has 2 heterocycles.